The smallest absolute Gasteiger partial charge is 0.344 e. The minimum Gasteiger partial charge on any atom is -0.479 e. The molecule has 0 heterocycles. The fourth-order valence-electron chi connectivity index (χ4n) is 1.18. The van der Waals surface area contributed by atoms with Crippen LogP contribution in [0.2, 0.25) is 5.02 Å². The Kier molecular flexibility index (Phi) is 5.09. The highest BCUT2D eigenvalue weighted by Crippen LogP contribution is 2.27. The number of hydrogen-bond acceptors (Lipinski definition) is 2. The molecule has 3 nitrogen and oxygen atoms in total. The van der Waals surface area contributed by atoms with Gasteiger partial charge in [0.25, 0.3) is 0 Å². The lowest BCUT2D eigenvalue weighted by Gasteiger charge is -2.14. The molecule has 1 rings (SSSR count). The molecule has 0 aliphatic heterocycles. The molecule has 0 aliphatic carbocycles. The van der Waals surface area contributed by atoms with Crippen LogP contribution >= 0.6 is 27.5 Å². The highest BCUT2D eigenvalue weighted by Gasteiger charge is 2.18. The molecule has 0 radical (unpaired) electrons. The molecule has 5 heteroatoms. The van der Waals surface area contributed by atoms with Gasteiger partial charge in [-0.1, -0.05) is 40.5 Å². The van der Waals surface area contributed by atoms with E-state index >= 15 is 0 Å². The average molecular weight is 308 g/mol. The third kappa shape index (κ3) is 3.39. The summed E-state index contributed by atoms with van der Waals surface area (Å²) in [6.07, 6.45) is -0.465. The van der Waals surface area contributed by atoms with E-state index in [-0.39, 0.29) is 0 Å². The van der Waals surface area contributed by atoms with E-state index in [1.807, 2.05) is 6.07 Å². The fraction of sp³-hybridized carbons (Fsp3) is 0.364. The van der Waals surface area contributed by atoms with Crippen molar-refractivity contribution in [1.82, 2.24) is 0 Å². The van der Waals surface area contributed by atoms with Crippen LogP contribution in [0.1, 0.15) is 18.9 Å². The lowest BCUT2D eigenvalue weighted by molar-refractivity contribution is -0.145. The Morgan fingerprint density at radius 2 is 2.31 bits per heavy atom. The van der Waals surface area contributed by atoms with E-state index in [2.05, 4.69) is 15.9 Å². The number of ether oxygens (including phenoxy) is 1. The molecule has 0 unspecified atom stereocenters. The largest absolute Gasteiger partial charge is 0.479 e. The van der Waals surface area contributed by atoms with Crippen molar-refractivity contribution in [3.63, 3.8) is 0 Å². The molecule has 0 saturated heterocycles. The Morgan fingerprint density at radius 1 is 1.62 bits per heavy atom. The molecule has 1 aromatic rings. The molecule has 88 valence electrons. The Balaban J connectivity index is 2.90. The minimum atomic E-state index is -0.984. The predicted molar refractivity (Wildman–Crippen MR) is 66.4 cm³/mol. The first-order chi connectivity index (χ1) is 7.58. The molecule has 16 heavy (non-hydrogen) atoms. The third-order valence-corrected chi connectivity index (χ3v) is 3.03. The Labute approximate surface area is 107 Å². The van der Waals surface area contributed by atoms with Gasteiger partial charge >= 0.3 is 5.97 Å². The Hall–Kier alpha value is -0.740. The van der Waals surface area contributed by atoms with Gasteiger partial charge in [0.15, 0.2) is 6.10 Å². The molecule has 1 N–H and O–H groups in total. The lowest BCUT2D eigenvalue weighted by Crippen LogP contribution is -2.26. The van der Waals surface area contributed by atoms with Gasteiger partial charge in [-0.15, -0.1) is 0 Å². The van der Waals surface area contributed by atoms with Crippen molar-refractivity contribution in [2.75, 3.05) is 0 Å². The van der Waals surface area contributed by atoms with Crippen molar-refractivity contribution in [2.45, 2.75) is 24.8 Å². The van der Waals surface area contributed by atoms with Gasteiger partial charge < -0.3 is 9.84 Å². The van der Waals surface area contributed by atoms with Gasteiger partial charge in [0.2, 0.25) is 0 Å². The fourth-order valence-corrected chi connectivity index (χ4v) is 1.69. The summed E-state index contributed by atoms with van der Waals surface area (Å²) in [6.45, 7) is 1.75. The molecule has 0 fully saturated rings. The summed E-state index contributed by atoms with van der Waals surface area (Å²) in [5.74, 6) is -0.573. The molecule has 0 saturated carbocycles. The number of carboxylic acids is 1. The lowest BCUT2D eigenvalue weighted by atomic mass is 10.2. The van der Waals surface area contributed by atoms with E-state index in [1.165, 1.54) is 0 Å². The van der Waals surface area contributed by atoms with Gasteiger partial charge in [-0.2, -0.15) is 0 Å². The predicted octanol–water partition coefficient (Wildman–Crippen LogP) is 3.48. The number of halogens is 2. The molecule has 0 aromatic heterocycles. The van der Waals surface area contributed by atoms with Gasteiger partial charge in [-0.3, -0.25) is 0 Å². The second kappa shape index (κ2) is 6.11. The van der Waals surface area contributed by atoms with E-state index in [0.717, 1.165) is 5.56 Å². The molecule has 0 aliphatic rings. The average Bonchev–Trinajstić information content (AvgIpc) is 2.27. The van der Waals surface area contributed by atoms with Crippen molar-refractivity contribution in [1.29, 1.82) is 0 Å². The van der Waals surface area contributed by atoms with E-state index in [9.17, 15) is 4.79 Å². The summed E-state index contributed by atoms with van der Waals surface area (Å²) in [7, 11) is 0. The van der Waals surface area contributed by atoms with Crippen LogP contribution < -0.4 is 4.74 Å². The number of hydrogen-bond donors (Lipinski definition) is 1. The highest BCUT2D eigenvalue weighted by molar-refractivity contribution is 9.08. The van der Waals surface area contributed by atoms with E-state index in [0.29, 0.717) is 22.5 Å². The number of alkyl halides is 1. The van der Waals surface area contributed by atoms with Crippen LogP contribution in [0.5, 0.6) is 5.75 Å². The first kappa shape index (κ1) is 13.3. The number of carboxylic acid groups (broad SMARTS) is 1. The number of rotatable bonds is 5. The molecule has 0 spiro atoms. The monoisotopic (exact) mass is 306 g/mol. The maximum absolute atomic E-state index is 10.8. The zero-order chi connectivity index (χ0) is 12.1. The topological polar surface area (TPSA) is 46.5 Å². The Morgan fingerprint density at radius 3 is 2.81 bits per heavy atom. The normalized spacial score (nSPS) is 12.2. The van der Waals surface area contributed by atoms with Gasteiger partial charge in [-0.25, -0.2) is 4.79 Å². The zero-order valence-corrected chi connectivity index (χ0v) is 11.1. The SMILES string of the molecule is CC[C@H](Oc1cc(CBr)ccc1Cl)C(=O)O. The maximum atomic E-state index is 10.8. The van der Waals surface area contributed by atoms with Crippen LogP contribution in [-0.4, -0.2) is 17.2 Å². The van der Waals surface area contributed by atoms with Crippen LogP contribution in [0.4, 0.5) is 0 Å². The first-order valence-corrected chi connectivity index (χ1v) is 6.32. The highest BCUT2D eigenvalue weighted by atomic mass is 79.9. The van der Waals surface area contributed by atoms with Crippen LogP contribution in [0, 0.1) is 0 Å². The van der Waals surface area contributed by atoms with Crippen molar-refractivity contribution < 1.29 is 14.6 Å². The van der Waals surface area contributed by atoms with Crippen LogP contribution in [-0.2, 0) is 10.1 Å². The van der Waals surface area contributed by atoms with Gasteiger partial charge in [0, 0.05) is 5.33 Å². The molecule has 0 bridgehead atoms. The summed E-state index contributed by atoms with van der Waals surface area (Å²) >= 11 is 9.24. The van der Waals surface area contributed by atoms with Crippen molar-refractivity contribution >= 4 is 33.5 Å². The summed E-state index contributed by atoms with van der Waals surface area (Å²) in [5, 5.41) is 9.97. The van der Waals surface area contributed by atoms with E-state index in [4.69, 9.17) is 21.4 Å². The molecule has 0 amide bonds. The van der Waals surface area contributed by atoms with E-state index < -0.39 is 12.1 Å². The molecule has 1 aromatic carbocycles. The van der Waals surface area contributed by atoms with E-state index in [1.54, 1.807) is 19.1 Å². The van der Waals surface area contributed by atoms with Crippen molar-refractivity contribution in [2.24, 2.45) is 0 Å². The van der Waals surface area contributed by atoms with Crippen LogP contribution in [0.3, 0.4) is 0 Å². The molecular weight excluding hydrogens is 295 g/mol. The second-order valence-corrected chi connectivity index (χ2v) is 4.22. The number of carbonyl (C=O) groups is 1. The number of benzene rings is 1. The van der Waals surface area contributed by atoms with Crippen molar-refractivity contribution in [3.05, 3.63) is 28.8 Å². The Bertz CT molecular complexity index is 381. The minimum absolute atomic E-state index is 0.393. The zero-order valence-electron chi connectivity index (χ0n) is 8.74. The molecule has 1 atom stereocenters. The van der Waals surface area contributed by atoms with Crippen LogP contribution in [0.25, 0.3) is 0 Å². The third-order valence-electron chi connectivity index (χ3n) is 2.07. The van der Waals surface area contributed by atoms with Gasteiger partial charge in [0.05, 0.1) is 5.02 Å². The van der Waals surface area contributed by atoms with Crippen molar-refractivity contribution in [3.8, 4) is 5.75 Å². The van der Waals surface area contributed by atoms with Gasteiger partial charge in [0.1, 0.15) is 5.75 Å². The quantitative estimate of drug-likeness (QED) is 0.847. The van der Waals surface area contributed by atoms with Gasteiger partial charge in [-0.05, 0) is 24.1 Å². The summed E-state index contributed by atoms with van der Waals surface area (Å²) in [4.78, 5) is 10.8. The molecular formula is C11H12BrClO3. The summed E-state index contributed by atoms with van der Waals surface area (Å²) in [5.41, 5.74) is 0.986. The standard InChI is InChI=1S/C11H12BrClO3/c1-2-9(11(14)15)16-10-5-7(6-12)3-4-8(10)13/h3-5,9H,2,6H2,1H3,(H,14,15)/t9-/m0/s1. The summed E-state index contributed by atoms with van der Waals surface area (Å²) in [6, 6.07) is 5.29. The summed E-state index contributed by atoms with van der Waals surface area (Å²) < 4.78 is 5.35. The second-order valence-electron chi connectivity index (χ2n) is 3.25. The van der Waals surface area contributed by atoms with Crippen LogP contribution in [0.15, 0.2) is 18.2 Å². The first-order valence-electron chi connectivity index (χ1n) is 4.82. The maximum Gasteiger partial charge on any atom is 0.344 e. The number of aliphatic carboxylic acids is 1.